The van der Waals surface area contributed by atoms with Crippen LogP contribution < -0.4 is 4.74 Å². The van der Waals surface area contributed by atoms with E-state index in [1.54, 1.807) is 12.1 Å². The van der Waals surface area contributed by atoms with E-state index in [1.807, 2.05) is 72.8 Å². The quantitative estimate of drug-likeness (QED) is 0.161. The summed E-state index contributed by atoms with van der Waals surface area (Å²) < 4.78 is 5.74. The number of nitriles is 1. The smallest absolute Gasteiger partial charge is 0.269 e. The summed E-state index contributed by atoms with van der Waals surface area (Å²) in [5, 5.41) is 22.8. The van der Waals surface area contributed by atoms with E-state index >= 15 is 0 Å². The summed E-state index contributed by atoms with van der Waals surface area (Å²) in [5.74, 6) is 0.646. The fourth-order valence-electron chi connectivity index (χ4n) is 3.29. The van der Waals surface area contributed by atoms with Crippen molar-refractivity contribution in [2.24, 2.45) is 0 Å². The van der Waals surface area contributed by atoms with Crippen molar-refractivity contribution in [2.75, 3.05) is 0 Å². The normalized spacial score (nSPS) is 11.1. The molecular weight excluding hydrogens is 388 g/mol. The highest BCUT2D eigenvalue weighted by Crippen LogP contribution is 2.24. The van der Waals surface area contributed by atoms with Gasteiger partial charge in [-0.25, -0.2) is 0 Å². The maximum Gasteiger partial charge on any atom is 0.269 e. The maximum atomic E-state index is 10.9. The molecule has 0 saturated heterocycles. The van der Waals surface area contributed by atoms with E-state index in [4.69, 9.17) is 4.74 Å². The van der Waals surface area contributed by atoms with Crippen molar-refractivity contribution in [3.8, 4) is 11.8 Å². The first-order valence-electron chi connectivity index (χ1n) is 9.69. The molecule has 0 amide bonds. The number of nitro groups is 1. The molecule has 0 N–H and O–H groups in total. The molecule has 0 atom stereocenters. The molecule has 150 valence electrons. The van der Waals surface area contributed by atoms with Crippen molar-refractivity contribution in [3.05, 3.63) is 118 Å². The zero-order valence-corrected chi connectivity index (χ0v) is 16.6. The third-order valence-electron chi connectivity index (χ3n) is 4.90. The summed E-state index contributed by atoms with van der Waals surface area (Å²) in [6.07, 6.45) is 1.84. The third kappa shape index (κ3) is 4.77. The third-order valence-corrected chi connectivity index (χ3v) is 4.90. The summed E-state index contributed by atoms with van der Waals surface area (Å²) in [6.45, 7) is 0.234. The van der Waals surface area contributed by atoms with Crippen LogP contribution in [0.15, 0.2) is 91.0 Å². The number of non-ortho nitro benzene ring substituents is 1. The first kappa shape index (κ1) is 19.9. The Hall–Kier alpha value is -4.43. The highest BCUT2D eigenvalue weighted by atomic mass is 16.6. The molecule has 4 aromatic rings. The van der Waals surface area contributed by atoms with Crippen LogP contribution in [0.2, 0.25) is 0 Å². The molecule has 0 bridgehead atoms. The van der Waals surface area contributed by atoms with E-state index in [0.717, 1.165) is 27.5 Å². The topological polar surface area (TPSA) is 76.2 Å². The van der Waals surface area contributed by atoms with Gasteiger partial charge in [-0.1, -0.05) is 60.7 Å². The van der Waals surface area contributed by atoms with E-state index in [2.05, 4.69) is 6.07 Å². The average molecular weight is 406 g/mol. The Morgan fingerprint density at radius 2 is 1.71 bits per heavy atom. The SMILES string of the molecule is N#C/C(=C/c1ccc(OCc2cccc([N+](=O)[O-])c2)cc1)c1ccc2ccccc2c1. The molecule has 0 fully saturated rings. The predicted octanol–water partition coefficient (Wildman–Crippen LogP) is 6.39. The number of nitro benzene ring substituents is 1. The average Bonchev–Trinajstić information content (AvgIpc) is 2.82. The van der Waals surface area contributed by atoms with Gasteiger partial charge in [0.15, 0.2) is 0 Å². The van der Waals surface area contributed by atoms with Gasteiger partial charge < -0.3 is 4.74 Å². The molecule has 31 heavy (non-hydrogen) atoms. The molecule has 0 heterocycles. The van der Waals surface area contributed by atoms with Gasteiger partial charge >= 0.3 is 0 Å². The largest absolute Gasteiger partial charge is 0.489 e. The van der Waals surface area contributed by atoms with Crippen molar-refractivity contribution in [1.82, 2.24) is 0 Å². The number of allylic oxidation sites excluding steroid dienone is 1. The summed E-state index contributed by atoms with van der Waals surface area (Å²) in [4.78, 5) is 10.5. The minimum atomic E-state index is -0.424. The number of ether oxygens (including phenoxy) is 1. The van der Waals surface area contributed by atoms with Gasteiger partial charge in [-0.2, -0.15) is 5.26 Å². The van der Waals surface area contributed by atoms with Crippen LogP contribution in [0.5, 0.6) is 5.75 Å². The van der Waals surface area contributed by atoms with Crippen LogP contribution in [0.4, 0.5) is 5.69 Å². The van der Waals surface area contributed by atoms with Gasteiger partial charge in [-0.3, -0.25) is 10.1 Å². The van der Waals surface area contributed by atoms with Gasteiger partial charge in [0.25, 0.3) is 5.69 Å². The van der Waals surface area contributed by atoms with Crippen molar-refractivity contribution >= 4 is 28.1 Å². The van der Waals surface area contributed by atoms with Gasteiger partial charge in [-0.05, 0) is 51.7 Å². The van der Waals surface area contributed by atoms with Gasteiger partial charge in [0, 0.05) is 12.1 Å². The predicted molar refractivity (Wildman–Crippen MR) is 121 cm³/mol. The van der Waals surface area contributed by atoms with Gasteiger partial charge in [0.2, 0.25) is 0 Å². The zero-order chi connectivity index (χ0) is 21.6. The second-order valence-electron chi connectivity index (χ2n) is 7.02. The molecule has 0 radical (unpaired) electrons. The number of hydrogen-bond acceptors (Lipinski definition) is 4. The van der Waals surface area contributed by atoms with Crippen molar-refractivity contribution in [3.63, 3.8) is 0 Å². The number of hydrogen-bond donors (Lipinski definition) is 0. The lowest BCUT2D eigenvalue weighted by atomic mass is 10.0. The second-order valence-corrected chi connectivity index (χ2v) is 7.02. The summed E-state index contributed by atoms with van der Waals surface area (Å²) >= 11 is 0. The molecule has 5 heteroatoms. The Bertz CT molecular complexity index is 1320. The molecule has 0 aliphatic carbocycles. The summed E-state index contributed by atoms with van der Waals surface area (Å²) in [6, 6.07) is 30.1. The molecule has 5 nitrogen and oxygen atoms in total. The fourth-order valence-corrected chi connectivity index (χ4v) is 3.29. The molecule has 0 aliphatic rings. The summed E-state index contributed by atoms with van der Waals surface area (Å²) in [5.41, 5.74) is 3.09. The van der Waals surface area contributed by atoms with Gasteiger partial charge in [0.05, 0.1) is 16.6 Å². The first-order chi connectivity index (χ1) is 15.1. The minimum absolute atomic E-state index is 0.0410. The van der Waals surface area contributed by atoms with E-state index in [9.17, 15) is 15.4 Å². The molecular formula is C26H18N2O3. The number of nitrogens with zero attached hydrogens (tertiary/aromatic N) is 2. The van der Waals surface area contributed by atoms with Crippen LogP contribution in [-0.4, -0.2) is 4.92 Å². The fraction of sp³-hybridized carbons (Fsp3) is 0.0385. The minimum Gasteiger partial charge on any atom is -0.489 e. The zero-order valence-electron chi connectivity index (χ0n) is 16.6. The van der Waals surface area contributed by atoms with Crippen molar-refractivity contribution in [1.29, 1.82) is 5.26 Å². The molecule has 0 saturated carbocycles. The van der Waals surface area contributed by atoms with Crippen molar-refractivity contribution in [2.45, 2.75) is 6.61 Å². The van der Waals surface area contributed by atoms with E-state index in [-0.39, 0.29) is 12.3 Å². The molecule has 0 aliphatic heterocycles. The lowest BCUT2D eigenvalue weighted by Crippen LogP contribution is -1.96. The lowest BCUT2D eigenvalue weighted by molar-refractivity contribution is -0.384. The molecule has 0 aromatic heterocycles. The number of benzene rings is 4. The van der Waals surface area contributed by atoms with Crippen molar-refractivity contribution < 1.29 is 9.66 Å². The first-order valence-corrected chi connectivity index (χ1v) is 9.69. The van der Waals surface area contributed by atoms with E-state index < -0.39 is 4.92 Å². The molecule has 4 rings (SSSR count). The van der Waals surface area contributed by atoms with Crippen LogP contribution >= 0.6 is 0 Å². The van der Waals surface area contributed by atoms with Gasteiger partial charge in [-0.15, -0.1) is 0 Å². The Morgan fingerprint density at radius 1 is 0.935 bits per heavy atom. The van der Waals surface area contributed by atoms with Crippen LogP contribution in [0.25, 0.3) is 22.4 Å². The second kappa shape index (κ2) is 8.93. The van der Waals surface area contributed by atoms with Gasteiger partial charge in [0.1, 0.15) is 12.4 Å². The van der Waals surface area contributed by atoms with E-state index in [1.165, 1.54) is 12.1 Å². The molecule has 0 unspecified atom stereocenters. The maximum absolute atomic E-state index is 10.9. The summed E-state index contributed by atoms with van der Waals surface area (Å²) in [7, 11) is 0. The Kier molecular flexibility index (Phi) is 5.72. The lowest BCUT2D eigenvalue weighted by Gasteiger charge is -2.07. The Morgan fingerprint density at radius 3 is 2.45 bits per heavy atom. The number of fused-ring (bicyclic) bond motifs is 1. The van der Waals surface area contributed by atoms with Crippen LogP contribution in [0.3, 0.4) is 0 Å². The molecule has 0 spiro atoms. The van der Waals surface area contributed by atoms with Crippen LogP contribution in [0.1, 0.15) is 16.7 Å². The monoisotopic (exact) mass is 406 g/mol. The van der Waals surface area contributed by atoms with Crippen LogP contribution in [-0.2, 0) is 6.61 Å². The Balaban J connectivity index is 1.48. The highest BCUT2D eigenvalue weighted by molar-refractivity contribution is 5.94. The standard InChI is InChI=1S/C26H18N2O3/c27-17-24(23-11-10-21-5-1-2-6-22(21)16-23)14-19-8-12-26(13-9-19)31-18-20-4-3-7-25(15-20)28(29)30/h1-16H,18H2/b24-14-. The molecule has 4 aromatic carbocycles. The highest BCUT2D eigenvalue weighted by Gasteiger charge is 2.06. The Labute approximate surface area is 179 Å². The van der Waals surface area contributed by atoms with E-state index in [0.29, 0.717) is 11.3 Å². The van der Waals surface area contributed by atoms with Crippen LogP contribution in [0, 0.1) is 21.4 Å². The number of rotatable bonds is 6.